The van der Waals surface area contributed by atoms with E-state index in [1.54, 1.807) is 12.4 Å². The summed E-state index contributed by atoms with van der Waals surface area (Å²) < 4.78 is 11.8. The zero-order valence-electron chi connectivity index (χ0n) is 16.1. The van der Waals surface area contributed by atoms with Gasteiger partial charge in [-0.1, -0.05) is 67.2 Å². The molecule has 4 rings (SSSR count). The maximum Gasteiger partial charge on any atom is 0.276 e. The van der Waals surface area contributed by atoms with Crippen LogP contribution in [0.5, 0.6) is 11.5 Å². The van der Waals surface area contributed by atoms with Gasteiger partial charge in [-0.15, -0.1) is 10.2 Å². The first-order valence-electron chi connectivity index (χ1n) is 9.44. The van der Waals surface area contributed by atoms with Gasteiger partial charge < -0.3 is 9.15 Å². The SMILES string of the molecule is CC(Cc1nnc(SCc2ccccc2Oc2cccnc2)o1)c1ccccc1. The molecule has 1 unspecified atom stereocenters. The van der Waals surface area contributed by atoms with E-state index in [-0.39, 0.29) is 0 Å². The topological polar surface area (TPSA) is 61.0 Å². The lowest BCUT2D eigenvalue weighted by molar-refractivity contribution is 0.404. The Hall–Kier alpha value is -3.12. The molecule has 1 atom stereocenters. The van der Waals surface area contributed by atoms with Crippen LogP contribution in [0.2, 0.25) is 0 Å². The minimum Gasteiger partial charge on any atom is -0.455 e. The van der Waals surface area contributed by atoms with E-state index < -0.39 is 0 Å². The fourth-order valence-corrected chi connectivity index (χ4v) is 3.71. The summed E-state index contributed by atoms with van der Waals surface area (Å²) in [6.07, 6.45) is 4.14. The summed E-state index contributed by atoms with van der Waals surface area (Å²) in [4.78, 5) is 4.09. The number of ether oxygens (including phenoxy) is 1. The predicted molar refractivity (Wildman–Crippen MR) is 113 cm³/mol. The number of thioether (sulfide) groups is 1. The van der Waals surface area contributed by atoms with E-state index in [9.17, 15) is 0 Å². The van der Waals surface area contributed by atoms with Gasteiger partial charge in [0, 0.05) is 23.9 Å². The van der Waals surface area contributed by atoms with E-state index in [4.69, 9.17) is 9.15 Å². The van der Waals surface area contributed by atoms with Gasteiger partial charge >= 0.3 is 0 Å². The van der Waals surface area contributed by atoms with Gasteiger partial charge in [0.25, 0.3) is 5.22 Å². The van der Waals surface area contributed by atoms with Gasteiger partial charge in [-0.05, 0) is 29.7 Å². The minimum absolute atomic E-state index is 0.322. The van der Waals surface area contributed by atoms with Crippen LogP contribution in [0.4, 0.5) is 0 Å². The van der Waals surface area contributed by atoms with E-state index in [1.165, 1.54) is 17.3 Å². The summed E-state index contributed by atoms with van der Waals surface area (Å²) in [6, 6.07) is 22.0. The molecule has 0 N–H and O–H groups in total. The van der Waals surface area contributed by atoms with Crippen molar-refractivity contribution in [3.8, 4) is 11.5 Å². The molecular formula is C23H21N3O2S. The second-order valence-electron chi connectivity index (χ2n) is 6.66. The molecule has 4 aromatic rings. The van der Waals surface area contributed by atoms with Crippen molar-refractivity contribution in [1.82, 2.24) is 15.2 Å². The molecule has 5 nitrogen and oxygen atoms in total. The van der Waals surface area contributed by atoms with Crippen molar-refractivity contribution in [2.24, 2.45) is 0 Å². The normalized spacial score (nSPS) is 11.9. The second-order valence-corrected chi connectivity index (χ2v) is 7.59. The summed E-state index contributed by atoms with van der Waals surface area (Å²) in [5, 5.41) is 8.96. The fourth-order valence-electron chi connectivity index (χ4n) is 2.94. The highest BCUT2D eigenvalue weighted by atomic mass is 32.2. The smallest absolute Gasteiger partial charge is 0.276 e. The maximum atomic E-state index is 5.96. The van der Waals surface area contributed by atoms with Gasteiger partial charge in [0.05, 0.1) is 6.20 Å². The average molecular weight is 404 g/mol. The number of aromatic nitrogens is 3. The maximum absolute atomic E-state index is 5.96. The Morgan fingerprint density at radius 1 is 0.966 bits per heavy atom. The first-order valence-corrected chi connectivity index (χ1v) is 10.4. The Balaban J connectivity index is 1.38. The molecule has 6 heteroatoms. The molecule has 0 saturated heterocycles. The molecule has 0 aliphatic rings. The average Bonchev–Trinajstić information content (AvgIpc) is 3.22. The van der Waals surface area contributed by atoms with Gasteiger partial charge in [-0.25, -0.2) is 0 Å². The molecule has 0 amide bonds. The van der Waals surface area contributed by atoms with Crippen LogP contribution >= 0.6 is 11.8 Å². The van der Waals surface area contributed by atoms with Crippen molar-refractivity contribution in [3.05, 3.63) is 96.1 Å². The van der Waals surface area contributed by atoms with Gasteiger partial charge in [0.1, 0.15) is 11.5 Å². The quantitative estimate of drug-likeness (QED) is 0.342. The van der Waals surface area contributed by atoms with Crippen molar-refractivity contribution in [2.75, 3.05) is 0 Å². The van der Waals surface area contributed by atoms with Gasteiger partial charge in [-0.2, -0.15) is 0 Å². The Morgan fingerprint density at radius 2 is 1.79 bits per heavy atom. The lowest BCUT2D eigenvalue weighted by Gasteiger charge is -2.09. The van der Waals surface area contributed by atoms with Gasteiger partial charge in [-0.3, -0.25) is 4.98 Å². The van der Waals surface area contributed by atoms with Crippen molar-refractivity contribution >= 4 is 11.8 Å². The number of pyridine rings is 1. The van der Waals surface area contributed by atoms with Crippen LogP contribution < -0.4 is 4.74 Å². The molecule has 0 aliphatic carbocycles. The first-order chi connectivity index (χ1) is 14.3. The summed E-state index contributed by atoms with van der Waals surface area (Å²) >= 11 is 1.51. The number of benzene rings is 2. The monoisotopic (exact) mass is 403 g/mol. The molecular weight excluding hydrogens is 382 g/mol. The third-order valence-corrected chi connectivity index (χ3v) is 5.35. The van der Waals surface area contributed by atoms with Crippen molar-refractivity contribution in [2.45, 2.75) is 30.2 Å². The molecule has 2 aromatic carbocycles. The van der Waals surface area contributed by atoms with Crippen LogP contribution in [0.15, 0.2) is 88.8 Å². The Labute approximate surface area is 174 Å². The third-order valence-electron chi connectivity index (χ3n) is 4.48. The molecule has 0 radical (unpaired) electrons. The molecule has 0 fully saturated rings. The molecule has 0 bridgehead atoms. The Bertz CT molecular complexity index is 1040. The summed E-state index contributed by atoms with van der Waals surface area (Å²) in [7, 11) is 0. The number of rotatable bonds is 8. The molecule has 146 valence electrons. The van der Waals surface area contributed by atoms with E-state index in [0.29, 0.717) is 28.5 Å². The number of nitrogens with zero attached hydrogens (tertiary/aromatic N) is 3. The van der Waals surface area contributed by atoms with E-state index in [1.807, 2.05) is 54.6 Å². The van der Waals surface area contributed by atoms with Crippen LogP contribution in [-0.2, 0) is 12.2 Å². The van der Waals surface area contributed by atoms with E-state index in [0.717, 1.165) is 17.7 Å². The van der Waals surface area contributed by atoms with Crippen molar-refractivity contribution in [3.63, 3.8) is 0 Å². The molecule has 2 aromatic heterocycles. The lowest BCUT2D eigenvalue weighted by Crippen LogP contribution is -1.98. The molecule has 29 heavy (non-hydrogen) atoms. The van der Waals surface area contributed by atoms with Gasteiger partial charge in [0.15, 0.2) is 0 Å². The highest BCUT2D eigenvalue weighted by Crippen LogP contribution is 2.30. The number of hydrogen-bond acceptors (Lipinski definition) is 6. The molecule has 0 spiro atoms. The Morgan fingerprint density at radius 3 is 2.62 bits per heavy atom. The largest absolute Gasteiger partial charge is 0.455 e. The summed E-state index contributed by atoms with van der Waals surface area (Å²) in [5.41, 5.74) is 2.32. The standard InChI is InChI=1S/C23H21N3O2S/c1-17(18-8-3-2-4-9-18)14-22-25-26-23(28-22)29-16-19-10-5-6-12-21(19)27-20-11-7-13-24-15-20/h2-13,15,17H,14,16H2,1H3. The number of para-hydroxylation sites is 1. The van der Waals surface area contributed by atoms with E-state index in [2.05, 4.69) is 34.2 Å². The predicted octanol–water partition coefficient (Wildman–Crippen LogP) is 5.90. The highest BCUT2D eigenvalue weighted by Gasteiger charge is 2.13. The zero-order valence-corrected chi connectivity index (χ0v) is 16.9. The minimum atomic E-state index is 0.322. The van der Waals surface area contributed by atoms with E-state index >= 15 is 0 Å². The van der Waals surface area contributed by atoms with Crippen LogP contribution in [0.3, 0.4) is 0 Å². The lowest BCUT2D eigenvalue weighted by atomic mass is 9.98. The van der Waals surface area contributed by atoms with Crippen LogP contribution in [0.25, 0.3) is 0 Å². The van der Waals surface area contributed by atoms with Crippen LogP contribution in [-0.4, -0.2) is 15.2 Å². The third kappa shape index (κ3) is 5.23. The summed E-state index contributed by atoms with van der Waals surface area (Å²) in [5.74, 6) is 3.16. The first kappa shape index (κ1) is 19.2. The van der Waals surface area contributed by atoms with Crippen molar-refractivity contribution in [1.29, 1.82) is 0 Å². The fraction of sp³-hybridized carbons (Fsp3) is 0.174. The molecule has 0 saturated carbocycles. The molecule has 2 heterocycles. The van der Waals surface area contributed by atoms with Crippen LogP contribution in [0.1, 0.15) is 29.9 Å². The second kappa shape index (κ2) is 9.39. The van der Waals surface area contributed by atoms with Gasteiger partial charge in [0.2, 0.25) is 5.89 Å². The summed E-state index contributed by atoms with van der Waals surface area (Å²) in [6.45, 7) is 2.17. The van der Waals surface area contributed by atoms with Crippen LogP contribution in [0, 0.1) is 0 Å². The highest BCUT2D eigenvalue weighted by molar-refractivity contribution is 7.98. The zero-order chi connectivity index (χ0) is 19.9. The molecule has 0 aliphatic heterocycles. The number of hydrogen-bond donors (Lipinski definition) is 0. The Kier molecular flexibility index (Phi) is 6.22. The van der Waals surface area contributed by atoms with Crippen molar-refractivity contribution < 1.29 is 9.15 Å².